The first kappa shape index (κ1) is 20.7. The Kier molecular flexibility index (Phi) is 5.77. The predicted molar refractivity (Wildman–Crippen MR) is 119 cm³/mol. The van der Waals surface area contributed by atoms with Gasteiger partial charge in [0.25, 0.3) is 0 Å². The molecule has 3 N–H and O–H groups in total. The Morgan fingerprint density at radius 3 is 2.61 bits per heavy atom. The van der Waals surface area contributed by atoms with Crippen LogP contribution in [0.3, 0.4) is 0 Å². The minimum Gasteiger partial charge on any atom is -0.467 e. The van der Waals surface area contributed by atoms with Crippen molar-refractivity contribution in [3.05, 3.63) is 71.6 Å². The highest BCUT2D eigenvalue weighted by atomic mass is 32.2. The molecule has 31 heavy (non-hydrogen) atoms. The van der Waals surface area contributed by atoms with Gasteiger partial charge >= 0.3 is 0 Å². The van der Waals surface area contributed by atoms with Crippen molar-refractivity contribution in [1.29, 1.82) is 0 Å². The molecule has 0 aliphatic rings. The molecule has 8 nitrogen and oxygen atoms in total. The number of amides is 2. The number of primary amides is 1. The molecule has 0 aliphatic carbocycles. The molecular weight excluding hydrogens is 414 g/mol. The molecule has 0 radical (unpaired) electrons. The van der Waals surface area contributed by atoms with Gasteiger partial charge in [0.1, 0.15) is 22.8 Å². The third-order valence-electron chi connectivity index (χ3n) is 5.06. The number of rotatable bonds is 7. The summed E-state index contributed by atoms with van der Waals surface area (Å²) in [5, 5.41) is 4.51. The van der Waals surface area contributed by atoms with Gasteiger partial charge < -0.3 is 20.0 Å². The van der Waals surface area contributed by atoms with Crippen molar-refractivity contribution < 1.29 is 14.0 Å². The number of aryl methyl sites for hydroxylation is 1. The van der Waals surface area contributed by atoms with E-state index in [1.54, 1.807) is 30.5 Å². The van der Waals surface area contributed by atoms with Gasteiger partial charge in [0.05, 0.1) is 23.9 Å². The Balaban J connectivity index is 1.50. The number of carbonyl (C=O) groups excluding carboxylic acids is 2. The lowest BCUT2D eigenvalue weighted by Gasteiger charge is -2.07. The first-order valence-corrected chi connectivity index (χ1v) is 10.6. The molecule has 0 saturated heterocycles. The lowest BCUT2D eigenvalue weighted by molar-refractivity contribution is -0.113. The smallest absolute Gasteiger partial charge is 0.248 e. The lowest BCUT2D eigenvalue weighted by Crippen LogP contribution is -2.15. The first-order valence-electron chi connectivity index (χ1n) is 9.59. The highest BCUT2D eigenvalue weighted by molar-refractivity contribution is 8.00. The van der Waals surface area contributed by atoms with E-state index in [9.17, 15) is 9.59 Å². The highest BCUT2D eigenvalue weighted by Gasteiger charge is 2.18. The van der Waals surface area contributed by atoms with Crippen molar-refractivity contribution in [1.82, 2.24) is 14.5 Å². The molecule has 0 atom stereocenters. The molecule has 0 spiro atoms. The Morgan fingerprint density at radius 2 is 1.94 bits per heavy atom. The third kappa shape index (κ3) is 4.31. The number of fused-ring (bicyclic) bond motifs is 1. The molecule has 0 fully saturated rings. The van der Waals surface area contributed by atoms with Crippen LogP contribution in [-0.4, -0.2) is 32.1 Å². The lowest BCUT2D eigenvalue weighted by atomic mass is 10.2. The van der Waals surface area contributed by atoms with Crippen molar-refractivity contribution in [2.75, 3.05) is 11.1 Å². The first-order chi connectivity index (χ1) is 14.9. The standard InChI is InChI=1S/C22H21N5O3S/c1-13-14(2)27(10-17-4-3-9-30-17)21-19(13)22(25-12-24-21)31-11-18(28)26-16-7-5-15(6-8-16)20(23)29/h3-9,12H,10-11H2,1-2H3,(H2,23,29)(H,26,28). The Morgan fingerprint density at radius 1 is 1.16 bits per heavy atom. The van der Waals surface area contributed by atoms with Crippen molar-refractivity contribution >= 4 is 40.3 Å². The fraction of sp³-hybridized carbons (Fsp3) is 0.182. The van der Waals surface area contributed by atoms with Gasteiger partial charge in [0, 0.05) is 16.9 Å². The van der Waals surface area contributed by atoms with Crippen molar-refractivity contribution in [2.45, 2.75) is 25.4 Å². The Labute approximate surface area is 182 Å². The molecule has 0 unspecified atom stereocenters. The molecule has 2 amide bonds. The topological polar surface area (TPSA) is 116 Å². The summed E-state index contributed by atoms with van der Waals surface area (Å²) < 4.78 is 7.58. The van der Waals surface area contributed by atoms with Gasteiger partial charge in [-0.2, -0.15) is 0 Å². The maximum absolute atomic E-state index is 12.4. The predicted octanol–water partition coefficient (Wildman–Crippen LogP) is 3.52. The summed E-state index contributed by atoms with van der Waals surface area (Å²) in [7, 11) is 0. The molecule has 4 aromatic rings. The summed E-state index contributed by atoms with van der Waals surface area (Å²) in [6.45, 7) is 4.65. The van der Waals surface area contributed by atoms with Crippen LogP contribution in [0.2, 0.25) is 0 Å². The third-order valence-corrected chi connectivity index (χ3v) is 6.05. The number of carbonyl (C=O) groups is 2. The van der Waals surface area contributed by atoms with Crippen LogP contribution in [0.1, 0.15) is 27.4 Å². The molecular formula is C22H21N5O3S. The molecule has 3 aromatic heterocycles. The monoisotopic (exact) mass is 435 g/mol. The van der Waals surface area contributed by atoms with Gasteiger partial charge in [-0.05, 0) is 55.8 Å². The second-order valence-electron chi connectivity index (χ2n) is 7.03. The van der Waals surface area contributed by atoms with Gasteiger partial charge in [0.15, 0.2) is 0 Å². The molecule has 0 bridgehead atoms. The highest BCUT2D eigenvalue weighted by Crippen LogP contribution is 2.31. The number of anilines is 1. The zero-order valence-electron chi connectivity index (χ0n) is 17.1. The van der Waals surface area contributed by atoms with E-state index in [1.165, 1.54) is 18.1 Å². The van der Waals surface area contributed by atoms with Crippen LogP contribution in [0, 0.1) is 13.8 Å². The molecule has 0 saturated carbocycles. The van der Waals surface area contributed by atoms with Gasteiger partial charge in [-0.3, -0.25) is 9.59 Å². The van der Waals surface area contributed by atoms with Gasteiger partial charge in [0.2, 0.25) is 11.8 Å². The SMILES string of the molecule is Cc1c(C)n(Cc2ccco2)c2ncnc(SCC(=O)Nc3ccc(C(N)=O)cc3)c12. The normalized spacial score (nSPS) is 11.0. The summed E-state index contributed by atoms with van der Waals surface area (Å²) in [4.78, 5) is 32.5. The number of aromatic nitrogens is 3. The van der Waals surface area contributed by atoms with E-state index in [0.29, 0.717) is 17.8 Å². The van der Waals surface area contributed by atoms with E-state index in [-0.39, 0.29) is 11.7 Å². The molecule has 1 aromatic carbocycles. The number of nitrogens with zero attached hydrogens (tertiary/aromatic N) is 3. The minimum absolute atomic E-state index is 0.173. The van der Waals surface area contributed by atoms with Crippen LogP contribution in [0.15, 0.2) is 58.4 Å². The van der Waals surface area contributed by atoms with Crippen LogP contribution in [-0.2, 0) is 11.3 Å². The van der Waals surface area contributed by atoms with Crippen molar-refractivity contribution in [3.8, 4) is 0 Å². The number of benzene rings is 1. The average molecular weight is 436 g/mol. The van der Waals surface area contributed by atoms with Crippen LogP contribution in [0.4, 0.5) is 5.69 Å². The van der Waals surface area contributed by atoms with Crippen LogP contribution < -0.4 is 11.1 Å². The number of hydrogen-bond donors (Lipinski definition) is 2. The summed E-state index contributed by atoms with van der Waals surface area (Å²) in [5.74, 6) is 0.347. The number of thioether (sulfide) groups is 1. The van der Waals surface area contributed by atoms with Gasteiger partial charge in [-0.1, -0.05) is 11.8 Å². The van der Waals surface area contributed by atoms with E-state index in [0.717, 1.165) is 33.1 Å². The van der Waals surface area contributed by atoms with Crippen LogP contribution >= 0.6 is 11.8 Å². The summed E-state index contributed by atoms with van der Waals surface area (Å²) in [6.07, 6.45) is 3.17. The number of nitrogens with two attached hydrogens (primary N) is 1. The quantitative estimate of drug-likeness (QED) is 0.339. The van der Waals surface area contributed by atoms with Crippen molar-refractivity contribution in [2.24, 2.45) is 5.73 Å². The van der Waals surface area contributed by atoms with Crippen LogP contribution in [0.5, 0.6) is 0 Å². The largest absolute Gasteiger partial charge is 0.467 e. The number of furan rings is 1. The van der Waals surface area contributed by atoms with E-state index >= 15 is 0 Å². The maximum Gasteiger partial charge on any atom is 0.248 e. The second kappa shape index (κ2) is 8.65. The van der Waals surface area contributed by atoms with Gasteiger partial charge in [-0.15, -0.1) is 0 Å². The fourth-order valence-corrected chi connectivity index (χ4v) is 4.20. The van der Waals surface area contributed by atoms with Crippen molar-refractivity contribution in [3.63, 3.8) is 0 Å². The van der Waals surface area contributed by atoms with E-state index < -0.39 is 5.91 Å². The fourth-order valence-electron chi connectivity index (χ4n) is 3.35. The van der Waals surface area contributed by atoms with E-state index in [4.69, 9.17) is 10.2 Å². The Hall–Kier alpha value is -3.59. The molecule has 158 valence electrons. The Bertz CT molecular complexity index is 1250. The zero-order valence-corrected chi connectivity index (χ0v) is 17.9. The number of nitrogens with one attached hydrogen (secondary N) is 1. The molecule has 9 heteroatoms. The van der Waals surface area contributed by atoms with E-state index in [2.05, 4.69) is 19.9 Å². The van der Waals surface area contributed by atoms with Gasteiger partial charge in [-0.25, -0.2) is 9.97 Å². The van der Waals surface area contributed by atoms with E-state index in [1.807, 2.05) is 26.0 Å². The second-order valence-corrected chi connectivity index (χ2v) is 8.00. The summed E-state index contributed by atoms with van der Waals surface area (Å²) in [6, 6.07) is 10.2. The average Bonchev–Trinajstić information content (AvgIpc) is 3.36. The molecule has 0 aliphatic heterocycles. The zero-order chi connectivity index (χ0) is 22.0. The summed E-state index contributed by atoms with van der Waals surface area (Å²) >= 11 is 1.36. The molecule has 4 rings (SSSR count). The molecule has 3 heterocycles. The number of hydrogen-bond acceptors (Lipinski definition) is 6. The minimum atomic E-state index is -0.508. The summed E-state index contributed by atoms with van der Waals surface area (Å²) in [5.41, 5.74) is 9.19. The van der Waals surface area contributed by atoms with Crippen LogP contribution in [0.25, 0.3) is 11.0 Å². The maximum atomic E-state index is 12.4.